The Morgan fingerprint density at radius 1 is 1.00 bits per heavy atom. The number of hydrogen-bond acceptors (Lipinski definition) is 6. The molecule has 192 valence electrons. The molecule has 0 saturated carbocycles. The molecule has 4 rings (SSSR count). The van der Waals surface area contributed by atoms with E-state index < -0.39 is 71.0 Å². The van der Waals surface area contributed by atoms with Gasteiger partial charge in [0, 0.05) is 6.20 Å². The zero-order valence-corrected chi connectivity index (χ0v) is 17.6. The van der Waals surface area contributed by atoms with E-state index in [4.69, 9.17) is 0 Å². The molecule has 2 aromatic heterocycles. The van der Waals surface area contributed by atoms with Crippen LogP contribution in [-0.4, -0.2) is 45.3 Å². The van der Waals surface area contributed by atoms with Gasteiger partial charge < -0.3 is 14.6 Å². The number of rotatable bonds is 5. The van der Waals surface area contributed by atoms with Gasteiger partial charge in [-0.1, -0.05) is 0 Å². The molecule has 3 heterocycles. The van der Waals surface area contributed by atoms with Crippen molar-refractivity contribution >= 4 is 5.69 Å². The number of anilines is 1. The zero-order chi connectivity index (χ0) is 26.5. The van der Waals surface area contributed by atoms with Crippen LogP contribution in [0.25, 0.3) is 11.3 Å². The first-order valence-corrected chi connectivity index (χ1v) is 9.95. The number of alkyl halides is 7. The number of nitrogens with zero attached hydrogens (tertiary/aromatic N) is 2. The van der Waals surface area contributed by atoms with Gasteiger partial charge in [-0.3, -0.25) is 14.6 Å². The molecule has 0 spiro atoms. The minimum atomic E-state index is -4.79. The van der Waals surface area contributed by atoms with E-state index in [2.05, 4.69) is 14.8 Å². The van der Waals surface area contributed by atoms with Gasteiger partial charge in [0.2, 0.25) is 0 Å². The Hall–Kier alpha value is -3.95. The second-order valence-electron chi connectivity index (χ2n) is 7.79. The lowest BCUT2D eigenvalue weighted by Crippen LogP contribution is -2.38. The Bertz CT molecular complexity index is 1450. The largest absolute Gasteiger partial charge is 0.416 e. The highest BCUT2D eigenvalue weighted by molar-refractivity contribution is 5.62. The molecule has 0 radical (unpaired) electrons. The molecule has 1 atom stereocenters. The number of ether oxygens (including phenoxy) is 1. The third kappa shape index (κ3) is 4.89. The topological polar surface area (TPSA) is 124 Å². The third-order valence-corrected chi connectivity index (χ3v) is 5.32. The van der Waals surface area contributed by atoms with Crippen molar-refractivity contribution in [3.63, 3.8) is 0 Å². The van der Waals surface area contributed by atoms with Crippen LogP contribution in [0, 0.1) is 0 Å². The van der Waals surface area contributed by atoms with Crippen molar-refractivity contribution in [1.82, 2.24) is 20.2 Å². The van der Waals surface area contributed by atoms with Gasteiger partial charge >= 0.3 is 18.0 Å². The summed E-state index contributed by atoms with van der Waals surface area (Å²) in [6, 6.07) is 2.50. The molecule has 36 heavy (non-hydrogen) atoms. The number of aromatic amines is 3. The smallest absolute Gasteiger partial charge is 0.358 e. The molecule has 1 saturated heterocycles. The van der Waals surface area contributed by atoms with E-state index in [1.54, 1.807) is 0 Å². The zero-order valence-electron chi connectivity index (χ0n) is 17.6. The van der Waals surface area contributed by atoms with Crippen molar-refractivity contribution in [3.05, 3.63) is 78.8 Å². The molecule has 1 unspecified atom stereocenters. The van der Waals surface area contributed by atoms with E-state index in [-0.39, 0.29) is 11.3 Å². The maximum absolute atomic E-state index is 14.6. The highest BCUT2D eigenvalue weighted by atomic mass is 19.4. The summed E-state index contributed by atoms with van der Waals surface area (Å²) in [7, 11) is 0. The van der Waals surface area contributed by atoms with Crippen molar-refractivity contribution in [1.29, 1.82) is 0 Å². The van der Waals surface area contributed by atoms with Crippen molar-refractivity contribution in [2.75, 3.05) is 18.0 Å². The molecule has 9 nitrogen and oxygen atoms in total. The Balaban J connectivity index is 1.59. The number of hydrogen-bond donors (Lipinski definition) is 3. The van der Waals surface area contributed by atoms with Gasteiger partial charge in [0.05, 0.1) is 35.5 Å². The summed E-state index contributed by atoms with van der Waals surface area (Å²) >= 11 is 0. The van der Waals surface area contributed by atoms with Crippen LogP contribution in [0.1, 0.15) is 11.1 Å². The first-order valence-electron chi connectivity index (χ1n) is 9.95. The van der Waals surface area contributed by atoms with Gasteiger partial charge in [0.1, 0.15) is 11.8 Å². The van der Waals surface area contributed by atoms with Gasteiger partial charge in [-0.2, -0.15) is 27.1 Å². The normalized spacial score (nSPS) is 18.0. The average molecular weight is 521 g/mol. The Morgan fingerprint density at radius 2 is 1.64 bits per heavy atom. The van der Waals surface area contributed by atoms with Crippen LogP contribution in [0.3, 0.4) is 0 Å². The van der Waals surface area contributed by atoms with Crippen LogP contribution < -0.4 is 21.7 Å². The summed E-state index contributed by atoms with van der Waals surface area (Å²) in [5, 5.41) is 5.63. The first kappa shape index (κ1) is 25.2. The summed E-state index contributed by atoms with van der Waals surface area (Å²) in [6.07, 6.45) is -10.7. The van der Waals surface area contributed by atoms with Crippen molar-refractivity contribution in [2.24, 2.45) is 0 Å². The minimum Gasteiger partial charge on any atom is -0.358 e. The minimum absolute atomic E-state index is 0.218. The summed E-state index contributed by atoms with van der Waals surface area (Å²) in [5.41, 5.74) is -5.89. The molecule has 1 aliphatic rings. The summed E-state index contributed by atoms with van der Waals surface area (Å²) < 4.78 is 101. The molecule has 0 amide bonds. The van der Waals surface area contributed by atoms with E-state index >= 15 is 0 Å². The average Bonchev–Trinajstić information content (AvgIpc) is 3.07. The molecule has 1 aliphatic heterocycles. The molecule has 1 aromatic carbocycles. The maximum atomic E-state index is 14.6. The van der Waals surface area contributed by atoms with Gasteiger partial charge in [-0.05, 0) is 30.3 Å². The highest BCUT2D eigenvalue weighted by Gasteiger charge is 2.54. The summed E-state index contributed by atoms with van der Waals surface area (Å²) in [6.45, 7) is -2.13. The van der Waals surface area contributed by atoms with Crippen LogP contribution in [0.4, 0.5) is 36.4 Å². The third-order valence-electron chi connectivity index (χ3n) is 5.32. The van der Waals surface area contributed by atoms with Gasteiger partial charge in [-0.15, -0.1) is 0 Å². The lowest BCUT2D eigenvalue weighted by Gasteiger charge is -2.25. The highest BCUT2D eigenvalue weighted by Crippen LogP contribution is 2.40. The Morgan fingerprint density at radius 3 is 2.25 bits per heavy atom. The van der Waals surface area contributed by atoms with Gasteiger partial charge in [0.15, 0.2) is 0 Å². The number of nitrogens with one attached hydrogen (secondary N) is 3. The fourth-order valence-corrected chi connectivity index (χ4v) is 3.53. The van der Waals surface area contributed by atoms with E-state index in [0.29, 0.717) is 24.3 Å². The molecule has 3 aromatic rings. The monoisotopic (exact) mass is 521 g/mol. The van der Waals surface area contributed by atoms with Crippen LogP contribution in [0.5, 0.6) is 0 Å². The van der Waals surface area contributed by atoms with Crippen molar-refractivity contribution in [3.8, 4) is 11.3 Å². The van der Waals surface area contributed by atoms with E-state index in [1.807, 2.05) is 10.1 Å². The predicted octanol–water partition coefficient (Wildman–Crippen LogP) is 2.42. The second kappa shape index (κ2) is 8.61. The van der Waals surface area contributed by atoms with Gasteiger partial charge in [0.25, 0.3) is 17.0 Å². The second-order valence-corrected chi connectivity index (χ2v) is 7.79. The number of aromatic nitrogens is 4. The van der Waals surface area contributed by atoms with Crippen molar-refractivity contribution < 1.29 is 35.5 Å². The van der Waals surface area contributed by atoms with Crippen LogP contribution >= 0.6 is 0 Å². The molecule has 3 N–H and O–H groups in total. The lowest BCUT2D eigenvalue weighted by atomic mass is 10.1. The van der Waals surface area contributed by atoms with Crippen LogP contribution in [0.2, 0.25) is 0 Å². The molecule has 1 fully saturated rings. The standard InChI is InChI=1S/C20H14F7N5O4/c21-18(22)8-32(13-5-12(30-31-16(13)34)11-6-28-17(35)29-15(11)33)7-14(18)36-20(26,27)10-3-1-9(2-4-10)19(23,24)25/h1-6,14H,7-8H2,(H,31,34)(H2,28,29,33,35). The van der Waals surface area contributed by atoms with Crippen LogP contribution in [-0.2, 0) is 17.0 Å². The number of benzene rings is 1. The molecular formula is C20H14F7N5O4. The van der Waals surface area contributed by atoms with Gasteiger partial charge in [-0.25, -0.2) is 18.7 Å². The Labute approximate surface area is 194 Å². The molecular weight excluding hydrogens is 507 g/mol. The van der Waals surface area contributed by atoms with E-state index in [0.717, 1.165) is 17.2 Å². The molecule has 0 aliphatic carbocycles. The molecule has 0 bridgehead atoms. The molecule has 16 heteroatoms. The number of halogens is 7. The summed E-state index contributed by atoms with van der Waals surface area (Å²) in [5.74, 6) is -3.90. The number of H-pyrrole nitrogens is 3. The summed E-state index contributed by atoms with van der Waals surface area (Å²) in [4.78, 5) is 40.2. The SMILES string of the molecule is O=c1[nH]cc(-c2cc(N3CC(OC(F)(F)c4ccc(C(F)(F)F)cc4)C(F)(F)C3)c(=O)[nH]n2)c(=O)[nH]1. The Kier molecular flexibility index (Phi) is 6.02. The van der Waals surface area contributed by atoms with E-state index in [9.17, 15) is 45.1 Å². The quantitative estimate of drug-likeness (QED) is 0.444. The maximum Gasteiger partial charge on any atom is 0.416 e. The lowest BCUT2D eigenvalue weighted by molar-refractivity contribution is -0.297. The predicted molar refractivity (Wildman–Crippen MR) is 109 cm³/mol. The van der Waals surface area contributed by atoms with Crippen LogP contribution in [0.15, 0.2) is 50.9 Å². The fraction of sp³-hybridized carbons (Fsp3) is 0.300. The van der Waals surface area contributed by atoms with E-state index in [1.165, 1.54) is 0 Å². The first-order chi connectivity index (χ1) is 16.7. The van der Waals surface area contributed by atoms with Crippen molar-refractivity contribution in [2.45, 2.75) is 24.3 Å². The fourth-order valence-electron chi connectivity index (χ4n) is 3.53.